The molecule has 0 spiro atoms. The number of nitrogens with one attached hydrogen (secondary N) is 2. The van der Waals surface area contributed by atoms with Crippen molar-refractivity contribution >= 4 is 11.8 Å². The fraction of sp³-hybridized carbons (Fsp3) is 0.571. The minimum atomic E-state index is -5.05. The lowest BCUT2D eigenvalue weighted by atomic mass is 9.88. The van der Waals surface area contributed by atoms with E-state index in [9.17, 15) is 31.5 Å². The van der Waals surface area contributed by atoms with E-state index in [1.54, 1.807) is 20.8 Å². The maximum Gasteiger partial charge on any atom is 0.434 e. The SMILES string of the molecule is C[C@H](Nc1cc(-c2n[nH]c(=O)o2)cc(F)c1C(F)(F)F)[C@H]1CCN(C(=O)OC(C)(C)C)C[C@H]1F. The van der Waals surface area contributed by atoms with Crippen molar-refractivity contribution in [2.24, 2.45) is 5.92 Å². The number of likely N-dealkylation sites (tertiary alicyclic amines) is 1. The van der Waals surface area contributed by atoms with Gasteiger partial charge in [0.2, 0.25) is 5.89 Å². The van der Waals surface area contributed by atoms with Crippen molar-refractivity contribution in [3.8, 4) is 11.5 Å². The van der Waals surface area contributed by atoms with Gasteiger partial charge in [-0.3, -0.25) is 0 Å². The Labute approximate surface area is 191 Å². The molecule has 1 saturated heterocycles. The quantitative estimate of drug-likeness (QED) is 0.606. The number of H-pyrrole nitrogens is 1. The Morgan fingerprint density at radius 1 is 1.32 bits per heavy atom. The van der Waals surface area contributed by atoms with Gasteiger partial charge in [-0.1, -0.05) is 0 Å². The molecule has 1 aliphatic rings. The molecule has 188 valence electrons. The van der Waals surface area contributed by atoms with Crippen LogP contribution in [0.1, 0.15) is 39.7 Å². The molecule has 1 fully saturated rings. The Kier molecular flexibility index (Phi) is 6.94. The van der Waals surface area contributed by atoms with E-state index in [0.29, 0.717) is 6.07 Å². The molecular weight excluding hydrogens is 467 g/mol. The summed E-state index contributed by atoms with van der Waals surface area (Å²) in [4.78, 5) is 24.6. The van der Waals surface area contributed by atoms with Crippen LogP contribution in [0.4, 0.5) is 32.4 Å². The number of amides is 1. The smallest absolute Gasteiger partial charge is 0.434 e. The summed E-state index contributed by atoms with van der Waals surface area (Å²) in [6.45, 7) is 6.36. The van der Waals surface area contributed by atoms with E-state index in [-0.39, 0.29) is 25.1 Å². The zero-order chi connectivity index (χ0) is 25.4. The minimum Gasteiger partial charge on any atom is -0.444 e. The van der Waals surface area contributed by atoms with Crippen LogP contribution in [0, 0.1) is 11.7 Å². The number of hydrogen-bond acceptors (Lipinski definition) is 6. The molecule has 1 aliphatic heterocycles. The van der Waals surface area contributed by atoms with E-state index >= 15 is 0 Å². The third-order valence-electron chi connectivity index (χ3n) is 5.33. The molecule has 2 N–H and O–H groups in total. The van der Waals surface area contributed by atoms with Crippen molar-refractivity contribution < 1.29 is 35.9 Å². The second-order valence-electron chi connectivity index (χ2n) is 9.12. The Bertz CT molecular complexity index is 1090. The zero-order valence-corrected chi connectivity index (χ0v) is 18.9. The fourth-order valence-corrected chi connectivity index (χ4v) is 3.82. The van der Waals surface area contributed by atoms with Gasteiger partial charge in [0.1, 0.15) is 23.2 Å². The molecule has 2 aromatic rings. The first kappa shape index (κ1) is 25.5. The summed E-state index contributed by atoms with van der Waals surface area (Å²) in [5, 5.41) is 8.01. The largest absolute Gasteiger partial charge is 0.444 e. The van der Waals surface area contributed by atoms with Crippen LogP contribution in [0.5, 0.6) is 0 Å². The first-order valence-electron chi connectivity index (χ1n) is 10.5. The van der Waals surface area contributed by atoms with Crippen molar-refractivity contribution in [3.05, 3.63) is 34.1 Å². The van der Waals surface area contributed by atoms with E-state index in [4.69, 9.17) is 9.15 Å². The van der Waals surface area contributed by atoms with Gasteiger partial charge in [-0.25, -0.2) is 23.5 Å². The summed E-state index contributed by atoms with van der Waals surface area (Å²) in [7, 11) is 0. The van der Waals surface area contributed by atoms with Gasteiger partial charge < -0.3 is 19.4 Å². The van der Waals surface area contributed by atoms with E-state index < -0.39 is 64.7 Å². The van der Waals surface area contributed by atoms with Crippen LogP contribution < -0.4 is 11.1 Å². The number of rotatable bonds is 4. The van der Waals surface area contributed by atoms with Crippen molar-refractivity contribution in [2.45, 2.75) is 58.1 Å². The molecule has 1 amide bonds. The molecule has 0 saturated carbocycles. The van der Waals surface area contributed by atoms with Crippen LogP contribution in [0.2, 0.25) is 0 Å². The maximum absolute atomic E-state index is 15.0. The van der Waals surface area contributed by atoms with Crippen LogP contribution in [0.25, 0.3) is 11.5 Å². The third kappa shape index (κ3) is 5.86. The summed E-state index contributed by atoms with van der Waals surface area (Å²) >= 11 is 0. The topological polar surface area (TPSA) is 100 Å². The number of carbonyl (C=O) groups excluding carboxylic acids is 1. The highest BCUT2D eigenvalue weighted by molar-refractivity contribution is 5.68. The number of anilines is 1. The van der Waals surface area contributed by atoms with Crippen LogP contribution in [-0.2, 0) is 10.9 Å². The van der Waals surface area contributed by atoms with Gasteiger partial charge in [0.05, 0.1) is 12.2 Å². The molecule has 0 radical (unpaired) electrons. The molecular formula is C21H25F5N4O4. The number of benzene rings is 1. The molecule has 13 heteroatoms. The summed E-state index contributed by atoms with van der Waals surface area (Å²) < 4.78 is 80.1. The van der Waals surface area contributed by atoms with E-state index in [0.717, 1.165) is 6.07 Å². The van der Waals surface area contributed by atoms with Gasteiger partial charge in [-0.05, 0) is 46.2 Å². The standard InChI is InChI=1S/C21H25F5N4O4/c1-10(12-5-6-30(9-14(12)23)19(32)34-20(2,3)4)27-15-8-11(17-28-29-18(31)33-17)7-13(22)16(15)21(24,25)26/h7-8,10,12,14,27H,5-6,9H2,1-4H3,(H,29,31)/t10-,12+,14+/m0/s1. The Morgan fingerprint density at radius 2 is 2.00 bits per heavy atom. The molecule has 0 aliphatic carbocycles. The van der Waals surface area contributed by atoms with Crippen molar-refractivity contribution in [1.82, 2.24) is 15.1 Å². The number of nitrogens with zero attached hydrogens (tertiary/aromatic N) is 2. The molecule has 1 aromatic carbocycles. The second-order valence-corrected chi connectivity index (χ2v) is 9.12. The van der Waals surface area contributed by atoms with Gasteiger partial charge in [0.15, 0.2) is 0 Å². The van der Waals surface area contributed by atoms with Crippen molar-refractivity contribution in [1.29, 1.82) is 0 Å². The van der Waals surface area contributed by atoms with E-state index in [2.05, 4.69) is 10.4 Å². The zero-order valence-electron chi connectivity index (χ0n) is 18.9. The lowest BCUT2D eigenvalue weighted by Crippen LogP contribution is -2.50. The van der Waals surface area contributed by atoms with Crippen molar-refractivity contribution in [2.75, 3.05) is 18.4 Å². The van der Waals surface area contributed by atoms with Gasteiger partial charge in [-0.2, -0.15) is 13.2 Å². The third-order valence-corrected chi connectivity index (χ3v) is 5.33. The number of aromatic amines is 1. The normalized spacial score (nSPS) is 20.2. The Balaban J connectivity index is 1.82. The monoisotopic (exact) mass is 492 g/mol. The van der Waals surface area contributed by atoms with Crippen LogP contribution in [-0.4, -0.2) is 52.1 Å². The lowest BCUT2D eigenvalue weighted by Gasteiger charge is -2.38. The molecule has 3 atom stereocenters. The molecule has 1 aromatic heterocycles. The molecule has 34 heavy (non-hydrogen) atoms. The predicted molar refractivity (Wildman–Crippen MR) is 111 cm³/mol. The molecule has 2 heterocycles. The average Bonchev–Trinajstić information content (AvgIpc) is 3.11. The summed E-state index contributed by atoms with van der Waals surface area (Å²) in [5.41, 5.74) is -3.19. The number of alkyl halides is 4. The number of ether oxygens (including phenoxy) is 1. The number of halogens is 5. The Morgan fingerprint density at radius 3 is 2.53 bits per heavy atom. The second kappa shape index (κ2) is 9.26. The van der Waals surface area contributed by atoms with Gasteiger partial charge in [0, 0.05) is 24.1 Å². The van der Waals surface area contributed by atoms with E-state index in [1.165, 1.54) is 11.8 Å². The molecule has 0 bridgehead atoms. The van der Waals surface area contributed by atoms with Gasteiger partial charge in [-0.15, -0.1) is 5.10 Å². The summed E-state index contributed by atoms with van der Waals surface area (Å²) in [6, 6.07) is 0.623. The van der Waals surface area contributed by atoms with Crippen LogP contribution in [0.3, 0.4) is 0 Å². The first-order chi connectivity index (χ1) is 15.7. The first-order valence-corrected chi connectivity index (χ1v) is 10.5. The fourth-order valence-electron chi connectivity index (χ4n) is 3.82. The van der Waals surface area contributed by atoms with Crippen LogP contribution in [0.15, 0.2) is 21.3 Å². The lowest BCUT2D eigenvalue weighted by molar-refractivity contribution is -0.139. The molecule has 0 unspecified atom stereocenters. The van der Waals surface area contributed by atoms with Gasteiger partial charge >= 0.3 is 18.0 Å². The van der Waals surface area contributed by atoms with Crippen LogP contribution >= 0.6 is 0 Å². The highest BCUT2D eigenvalue weighted by atomic mass is 19.4. The maximum atomic E-state index is 15.0. The Hall–Kier alpha value is -3.12. The number of carbonyl (C=O) groups is 1. The predicted octanol–water partition coefficient (Wildman–Crippen LogP) is 4.58. The minimum absolute atomic E-state index is 0.144. The number of hydrogen-bond donors (Lipinski definition) is 2. The molecule has 3 rings (SSSR count). The van der Waals surface area contributed by atoms with Crippen molar-refractivity contribution in [3.63, 3.8) is 0 Å². The highest BCUT2D eigenvalue weighted by Gasteiger charge is 2.40. The number of piperidine rings is 1. The summed E-state index contributed by atoms with van der Waals surface area (Å²) in [5.74, 6) is -3.74. The summed E-state index contributed by atoms with van der Waals surface area (Å²) in [6.07, 6.45) is -7.14. The number of aromatic nitrogens is 2. The average molecular weight is 492 g/mol. The molecule has 8 nitrogen and oxygen atoms in total. The van der Waals surface area contributed by atoms with E-state index in [1.807, 2.05) is 5.10 Å². The van der Waals surface area contributed by atoms with Gasteiger partial charge in [0.25, 0.3) is 0 Å². The highest BCUT2D eigenvalue weighted by Crippen LogP contribution is 2.40.